The van der Waals surface area contributed by atoms with Gasteiger partial charge in [0.2, 0.25) is 0 Å². The fourth-order valence-corrected chi connectivity index (χ4v) is 1.13. The monoisotopic (exact) mass is 247 g/mol. The first kappa shape index (κ1) is 13.6. The number of hydrogen-bond donors (Lipinski definition) is 1. The molecule has 2 aromatic rings. The van der Waals surface area contributed by atoms with Crippen molar-refractivity contribution in [2.45, 2.75) is 6.92 Å². The van der Waals surface area contributed by atoms with E-state index in [1.165, 1.54) is 5.56 Å². The Morgan fingerprint density at radius 1 is 1.06 bits per heavy atom. The maximum Gasteiger partial charge on any atom is 0.269 e. The minimum Gasteiger partial charge on any atom is -0.399 e. The van der Waals surface area contributed by atoms with Crippen molar-refractivity contribution in [3.8, 4) is 0 Å². The normalized spacial score (nSPS) is 9.22. The van der Waals surface area contributed by atoms with Crippen molar-refractivity contribution in [2.75, 3.05) is 5.73 Å². The molecular formula is C13H13FN2O2. The van der Waals surface area contributed by atoms with Crippen LogP contribution in [0.4, 0.5) is 15.8 Å². The van der Waals surface area contributed by atoms with Crippen molar-refractivity contribution in [1.82, 2.24) is 0 Å². The minimum absolute atomic E-state index is 0.0959. The summed E-state index contributed by atoms with van der Waals surface area (Å²) in [5, 5.41) is 10.00. The van der Waals surface area contributed by atoms with Gasteiger partial charge in [0.25, 0.3) is 5.69 Å². The molecule has 4 nitrogen and oxygen atoms in total. The molecule has 18 heavy (non-hydrogen) atoms. The SMILES string of the molecule is Cc1ccc(N)cc1.O=[N+]([O-])c1ccc([18F])cc1. The lowest BCUT2D eigenvalue weighted by Gasteiger charge is -1.90. The molecule has 0 radical (unpaired) electrons. The molecule has 0 aliphatic rings. The summed E-state index contributed by atoms with van der Waals surface area (Å²) in [5.41, 5.74) is 7.41. The van der Waals surface area contributed by atoms with Crippen molar-refractivity contribution in [2.24, 2.45) is 0 Å². The maximum atomic E-state index is 12.1. The van der Waals surface area contributed by atoms with Crippen molar-refractivity contribution >= 4 is 11.4 Å². The predicted molar refractivity (Wildman–Crippen MR) is 68.6 cm³/mol. The molecule has 0 amide bonds. The van der Waals surface area contributed by atoms with E-state index in [2.05, 4.69) is 0 Å². The summed E-state index contributed by atoms with van der Waals surface area (Å²) in [6, 6.07) is 12.1. The van der Waals surface area contributed by atoms with Crippen LogP contribution in [-0.4, -0.2) is 4.92 Å². The number of aryl methyl sites for hydroxylation is 1. The number of nitro benzene ring substituents is 1. The number of anilines is 1. The predicted octanol–water partition coefficient (Wildman–Crippen LogP) is 3.31. The molecule has 0 spiro atoms. The van der Waals surface area contributed by atoms with E-state index in [0.29, 0.717) is 0 Å². The van der Waals surface area contributed by atoms with Crippen LogP contribution in [0.1, 0.15) is 5.56 Å². The van der Waals surface area contributed by atoms with Crippen LogP contribution >= 0.6 is 0 Å². The van der Waals surface area contributed by atoms with E-state index in [0.717, 1.165) is 30.0 Å². The second-order valence-electron chi connectivity index (χ2n) is 3.64. The Morgan fingerprint density at radius 3 is 1.94 bits per heavy atom. The molecule has 0 saturated carbocycles. The molecule has 0 aliphatic carbocycles. The molecule has 0 aromatic heterocycles. The third kappa shape index (κ3) is 4.61. The van der Waals surface area contributed by atoms with Gasteiger partial charge in [-0.1, -0.05) is 17.7 Å². The van der Waals surface area contributed by atoms with E-state index in [9.17, 15) is 14.5 Å². The first-order chi connectivity index (χ1) is 8.49. The minimum atomic E-state index is -0.570. The number of nitrogen functional groups attached to an aromatic ring is 1. The van der Waals surface area contributed by atoms with E-state index < -0.39 is 10.7 Å². The third-order valence-electron chi connectivity index (χ3n) is 2.11. The standard InChI is InChI=1S/C7H9N.C6H4FNO2/c1-6-2-4-7(8)5-3-6;7-5-1-3-6(4-2-5)8(9)10/h2-5H,8H2,1H3;1-4H/i;7-1. The van der Waals surface area contributed by atoms with E-state index in [-0.39, 0.29) is 5.69 Å². The number of nitrogens with zero attached hydrogens (tertiary/aromatic N) is 1. The Kier molecular flexibility index (Phi) is 4.80. The second kappa shape index (κ2) is 6.34. The zero-order chi connectivity index (χ0) is 13.5. The van der Waals surface area contributed by atoms with E-state index in [1.54, 1.807) is 0 Å². The summed E-state index contributed by atoms with van der Waals surface area (Å²) < 4.78 is 12.1. The van der Waals surface area contributed by atoms with Gasteiger partial charge in [0.15, 0.2) is 0 Å². The van der Waals surface area contributed by atoms with Gasteiger partial charge in [-0.3, -0.25) is 10.1 Å². The quantitative estimate of drug-likeness (QED) is 0.477. The topological polar surface area (TPSA) is 69.2 Å². The molecule has 0 unspecified atom stereocenters. The van der Waals surface area contributed by atoms with Gasteiger partial charge in [-0.05, 0) is 31.2 Å². The van der Waals surface area contributed by atoms with Crippen molar-refractivity contribution in [3.63, 3.8) is 0 Å². The Labute approximate surface area is 104 Å². The first-order valence-corrected chi connectivity index (χ1v) is 5.21. The molecule has 0 atom stereocenters. The summed E-state index contributed by atoms with van der Waals surface area (Å²) in [6.45, 7) is 2.04. The molecule has 94 valence electrons. The van der Waals surface area contributed by atoms with Crippen molar-refractivity contribution in [3.05, 3.63) is 70.0 Å². The number of halogens is 1. The lowest BCUT2D eigenvalue weighted by atomic mass is 10.2. The Hall–Kier alpha value is -2.43. The van der Waals surface area contributed by atoms with E-state index in [4.69, 9.17) is 5.73 Å². The summed E-state index contributed by atoms with van der Waals surface area (Å²) >= 11 is 0. The van der Waals surface area contributed by atoms with Gasteiger partial charge in [-0.25, -0.2) is 4.39 Å². The molecule has 0 fully saturated rings. The highest BCUT2D eigenvalue weighted by molar-refractivity contribution is 5.38. The van der Waals surface area contributed by atoms with E-state index in [1.807, 2.05) is 31.2 Å². The molecule has 5 heteroatoms. The lowest BCUT2D eigenvalue weighted by Crippen LogP contribution is -1.86. The van der Waals surface area contributed by atoms with Gasteiger partial charge in [-0.2, -0.15) is 0 Å². The first-order valence-electron chi connectivity index (χ1n) is 5.21. The highest BCUT2D eigenvalue weighted by atomic mass is 18.2. The highest BCUT2D eigenvalue weighted by Gasteiger charge is 2.02. The molecular weight excluding hydrogens is 234 g/mol. The van der Waals surface area contributed by atoms with Gasteiger partial charge in [0, 0.05) is 17.8 Å². The number of hydrogen-bond acceptors (Lipinski definition) is 3. The van der Waals surface area contributed by atoms with Gasteiger partial charge in [0.05, 0.1) is 4.92 Å². The molecule has 0 heterocycles. The molecule has 2 aromatic carbocycles. The third-order valence-corrected chi connectivity index (χ3v) is 2.11. The number of nitrogens with two attached hydrogens (primary N) is 1. The fourth-order valence-electron chi connectivity index (χ4n) is 1.13. The Bertz CT molecular complexity index is 489. The highest BCUT2D eigenvalue weighted by Crippen LogP contribution is 2.09. The number of non-ortho nitro benzene ring substituents is 1. The largest absolute Gasteiger partial charge is 0.399 e. The van der Waals surface area contributed by atoms with Crippen LogP contribution in [0.25, 0.3) is 0 Å². The molecule has 2 rings (SSSR count). The number of rotatable bonds is 1. The number of benzene rings is 2. The van der Waals surface area contributed by atoms with Gasteiger partial charge >= 0.3 is 0 Å². The van der Waals surface area contributed by atoms with Gasteiger partial charge in [-0.15, -0.1) is 0 Å². The molecule has 0 bridgehead atoms. The Morgan fingerprint density at radius 2 is 1.56 bits per heavy atom. The van der Waals surface area contributed by atoms with Crippen molar-refractivity contribution < 1.29 is 9.31 Å². The van der Waals surface area contributed by atoms with Crippen LogP contribution in [0, 0.1) is 22.9 Å². The van der Waals surface area contributed by atoms with Crippen LogP contribution < -0.4 is 5.73 Å². The molecule has 0 saturated heterocycles. The van der Waals surface area contributed by atoms with Gasteiger partial charge in [0.1, 0.15) is 5.82 Å². The average molecular weight is 247 g/mol. The zero-order valence-electron chi connectivity index (χ0n) is 9.84. The second-order valence-corrected chi connectivity index (χ2v) is 3.64. The average Bonchev–Trinajstić information content (AvgIpc) is 2.34. The summed E-state index contributed by atoms with van der Waals surface area (Å²) in [7, 11) is 0. The lowest BCUT2D eigenvalue weighted by molar-refractivity contribution is -0.384. The Balaban J connectivity index is 0.000000184. The van der Waals surface area contributed by atoms with Crippen molar-refractivity contribution in [1.29, 1.82) is 0 Å². The van der Waals surface area contributed by atoms with Crippen LogP contribution in [0.3, 0.4) is 0 Å². The summed E-state index contributed by atoms with van der Waals surface area (Å²) in [5.74, 6) is -0.467. The van der Waals surface area contributed by atoms with Crippen LogP contribution in [-0.2, 0) is 0 Å². The van der Waals surface area contributed by atoms with Gasteiger partial charge < -0.3 is 5.73 Å². The summed E-state index contributed by atoms with van der Waals surface area (Å²) in [4.78, 5) is 9.43. The molecule has 2 N–H and O–H groups in total. The molecule has 0 aliphatic heterocycles. The van der Waals surface area contributed by atoms with Crippen LogP contribution in [0.2, 0.25) is 0 Å². The van der Waals surface area contributed by atoms with E-state index >= 15 is 0 Å². The summed E-state index contributed by atoms with van der Waals surface area (Å²) in [6.07, 6.45) is 0. The number of nitro groups is 1. The maximum absolute atomic E-state index is 12.1. The van der Waals surface area contributed by atoms with Crippen LogP contribution in [0.5, 0.6) is 0 Å². The van der Waals surface area contributed by atoms with Crippen LogP contribution in [0.15, 0.2) is 48.5 Å². The fraction of sp³-hybridized carbons (Fsp3) is 0.0769. The zero-order valence-corrected chi connectivity index (χ0v) is 9.84. The smallest absolute Gasteiger partial charge is 0.269 e.